The quantitative estimate of drug-likeness (QED) is 0.178. The summed E-state index contributed by atoms with van der Waals surface area (Å²) >= 11 is 0. The minimum absolute atomic E-state index is 0.601. The zero-order valence-electron chi connectivity index (χ0n) is 26.2. The summed E-state index contributed by atoms with van der Waals surface area (Å²) in [5, 5.41) is 0. The minimum Gasteiger partial charge on any atom is -0.475 e. The van der Waals surface area contributed by atoms with Crippen LogP contribution in [-0.2, 0) is 56.9 Å². The van der Waals surface area contributed by atoms with Crippen molar-refractivity contribution in [1.82, 2.24) is 9.13 Å². The van der Waals surface area contributed by atoms with Gasteiger partial charge in [-0.3, -0.25) is 0 Å². The summed E-state index contributed by atoms with van der Waals surface area (Å²) in [4.78, 5) is 10.0. The van der Waals surface area contributed by atoms with Crippen molar-refractivity contribution >= 4 is 23.2 Å². The van der Waals surface area contributed by atoms with Gasteiger partial charge >= 0.3 is 23.4 Å². The Hall–Kier alpha value is -4.20. The average molecular weight is 557 g/mol. The number of hydrogen-bond acceptors (Lipinski definition) is 4. The van der Waals surface area contributed by atoms with Gasteiger partial charge in [0.2, 0.25) is 0 Å². The smallest absolute Gasteiger partial charge is 0.344 e. The van der Waals surface area contributed by atoms with E-state index in [1.54, 1.807) is 14.2 Å². The Morgan fingerprint density at radius 1 is 0.707 bits per heavy atom. The number of aromatic nitrogens is 4. The van der Waals surface area contributed by atoms with Crippen LogP contribution in [0.1, 0.15) is 58.9 Å². The van der Waals surface area contributed by atoms with Crippen molar-refractivity contribution in [2.75, 3.05) is 14.2 Å². The summed E-state index contributed by atoms with van der Waals surface area (Å²) in [6.07, 6.45) is 10.6. The molecule has 0 fully saturated rings. The first kappa shape index (κ1) is 29.8. The molecular weight excluding hydrogens is 512 g/mol. The molecule has 0 N–H and O–H groups in total. The van der Waals surface area contributed by atoms with Crippen LogP contribution in [0.2, 0.25) is 0 Å². The second kappa shape index (κ2) is 12.5. The first-order valence-corrected chi connectivity index (χ1v) is 14.1. The lowest BCUT2D eigenvalue weighted by Gasteiger charge is -2.15. The van der Waals surface area contributed by atoms with E-state index in [1.807, 2.05) is 71.2 Å². The number of methoxy groups -OCH3 is 2. The van der Waals surface area contributed by atoms with Crippen LogP contribution < -0.4 is 9.13 Å². The van der Waals surface area contributed by atoms with Crippen LogP contribution >= 0.6 is 0 Å². The van der Waals surface area contributed by atoms with E-state index in [2.05, 4.69) is 52.0 Å². The van der Waals surface area contributed by atoms with Gasteiger partial charge in [-0.25, -0.2) is 28.3 Å². The van der Waals surface area contributed by atoms with Crippen LogP contribution in [0.3, 0.4) is 0 Å². The molecule has 0 aliphatic carbocycles. The Bertz CT molecular complexity index is 1460. The van der Waals surface area contributed by atoms with Crippen molar-refractivity contribution in [2.45, 2.75) is 47.0 Å². The number of benzene rings is 2. The fraction of sp³-hybridized carbons (Fsp3) is 0.394. The van der Waals surface area contributed by atoms with Gasteiger partial charge < -0.3 is 9.47 Å². The molecule has 0 bridgehead atoms. The lowest BCUT2D eigenvalue weighted by molar-refractivity contribution is -0.672. The van der Waals surface area contributed by atoms with Crippen molar-refractivity contribution < 1.29 is 18.6 Å². The van der Waals surface area contributed by atoms with Gasteiger partial charge in [0.15, 0.2) is 0 Å². The van der Waals surface area contributed by atoms with E-state index < -0.39 is 0 Å². The molecule has 2 aromatic carbocycles. The Morgan fingerprint density at radius 3 is 1.39 bits per heavy atom. The van der Waals surface area contributed by atoms with Gasteiger partial charge in [0, 0.05) is 0 Å². The van der Waals surface area contributed by atoms with E-state index in [1.165, 1.54) is 22.3 Å². The largest absolute Gasteiger partial charge is 0.475 e. The molecule has 8 nitrogen and oxygen atoms in total. The second-order valence-electron chi connectivity index (χ2n) is 10.7. The molecule has 8 heteroatoms. The number of ether oxygens (including phenoxy) is 2. The fourth-order valence-electron chi connectivity index (χ4n) is 5.53. The summed E-state index contributed by atoms with van der Waals surface area (Å²) < 4.78 is 19.6. The number of aliphatic imine (C=N–C) groups is 2. The molecule has 0 amide bonds. The van der Waals surface area contributed by atoms with E-state index >= 15 is 0 Å². The molecule has 0 aliphatic rings. The maximum atomic E-state index is 5.75. The van der Waals surface area contributed by atoms with Crippen molar-refractivity contribution in [3.05, 3.63) is 94.1 Å². The Labute approximate surface area is 244 Å². The first-order chi connectivity index (χ1) is 19.6. The summed E-state index contributed by atoms with van der Waals surface area (Å²) in [7, 11) is 11.4. The summed E-state index contributed by atoms with van der Waals surface area (Å²) in [5.74, 6) is 3.04. The van der Waals surface area contributed by atoms with Crippen LogP contribution in [0.15, 0.2) is 59.0 Å². The van der Waals surface area contributed by atoms with Gasteiger partial charge in [0.1, 0.15) is 24.8 Å². The second-order valence-corrected chi connectivity index (χ2v) is 10.7. The average Bonchev–Trinajstić information content (AvgIpc) is 3.46. The van der Waals surface area contributed by atoms with Crippen molar-refractivity contribution in [3.63, 3.8) is 0 Å². The zero-order valence-corrected chi connectivity index (χ0v) is 26.2. The number of imidazole rings is 2. The molecular formula is C33H44N6O2+2. The maximum absolute atomic E-state index is 5.75. The van der Waals surface area contributed by atoms with Crippen LogP contribution in [-0.4, -0.2) is 35.1 Å². The van der Waals surface area contributed by atoms with E-state index in [-0.39, 0.29) is 0 Å². The molecule has 2 aromatic heterocycles. The number of aryl methyl sites for hydroxylation is 8. The van der Waals surface area contributed by atoms with Gasteiger partial charge in [-0.1, -0.05) is 38.1 Å². The predicted octanol–water partition coefficient (Wildman–Crippen LogP) is 4.79. The van der Waals surface area contributed by atoms with Crippen LogP contribution in [0.25, 0.3) is 0 Å². The van der Waals surface area contributed by atoms with Crippen LogP contribution in [0.4, 0.5) is 11.4 Å². The fourth-order valence-corrected chi connectivity index (χ4v) is 5.53. The van der Waals surface area contributed by atoms with Crippen molar-refractivity contribution in [3.8, 4) is 0 Å². The summed E-state index contributed by atoms with van der Waals surface area (Å²) in [6, 6.07) is 9.08. The van der Waals surface area contributed by atoms with E-state index in [4.69, 9.17) is 19.5 Å². The van der Waals surface area contributed by atoms with Crippen molar-refractivity contribution in [2.24, 2.45) is 38.2 Å². The lowest BCUT2D eigenvalue weighted by Crippen LogP contribution is -2.35. The van der Waals surface area contributed by atoms with Crippen LogP contribution in [0, 0.1) is 13.8 Å². The summed E-state index contributed by atoms with van der Waals surface area (Å²) in [6.45, 7) is 8.63. The standard InChI is InChI=1S/C33H44N6O2/c1-11-26-20-24(17-22(3)28(26)34-30(40-9)32-36(5)13-14-37(32)6)19-25-18-23(4)29(27(12-2)21-25)35-31(41-10)33-38(7)15-16-39(33)8/h13-18,20-21H,11-12,19H2,1-10H3/q+2. The lowest BCUT2D eigenvalue weighted by atomic mass is 9.94. The molecule has 216 valence electrons. The van der Waals surface area contributed by atoms with Gasteiger partial charge in [-0.15, -0.1) is 0 Å². The van der Waals surface area contributed by atoms with Crippen molar-refractivity contribution in [1.29, 1.82) is 0 Å². The highest BCUT2D eigenvalue weighted by molar-refractivity contribution is 5.92. The SMILES string of the molecule is CCc1cc(Cc2cc(C)c(N=C(OC)c3n(C)cc[n+]3C)c(CC)c2)cc(C)c1N=C(OC)c1n(C)cc[n+]1C. The van der Waals surface area contributed by atoms with Gasteiger partial charge in [-0.05, 0) is 66.5 Å². The molecule has 4 rings (SSSR count). The highest BCUT2D eigenvalue weighted by atomic mass is 16.5. The monoisotopic (exact) mass is 556 g/mol. The Kier molecular flexibility index (Phi) is 9.11. The molecule has 0 radical (unpaired) electrons. The number of nitrogens with zero attached hydrogens (tertiary/aromatic N) is 6. The van der Waals surface area contributed by atoms with E-state index in [9.17, 15) is 0 Å². The molecule has 41 heavy (non-hydrogen) atoms. The topological polar surface area (TPSA) is 60.8 Å². The highest BCUT2D eigenvalue weighted by Gasteiger charge is 2.23. The van der Waals surface area contributed by atoms with Gasteiger partial charge in [0.25, 0.3) is 0 Å². The molecule has 0 saturated carbocycles. The molecule has 0 aliphatic heterocycles. The molecule has 2 heterocycles. The zero-order chi connectivity index (χ0) is 29.8. The Balaban J connectivity index is 1.70. The molecule has 0 saturated heterocycles. The third kappa shape index (κ3) is 6.11. The molecule has 0 atom stereocenters. The third-order valence-electron chi connectivity index (χ3n) is 7.61. The number of rotatable bonds is 8. The highest BCUT2D eigenvalue weighted by Crippen LogP contribution is 2.31. The number of hydrogen-bond donors (Lipinski definition) is 0. The van der Waals surface area contributed by atoms with Gasteiger partial charge in [-0.2, -0.15) is 0 Å². The predicted molar refractivity (Wildman–Crippen MR) is 164 cm³/mol. The maximum Gasteiger partial charge on any atom is 0.344 e. The summed E-state index contributed by atoms with van der Waals surface area (Å²) in [5.41, 5.74) is 9.19. The molecule has 0 spiro atoms. The van der Waals surface area contributed by atoms with Crippen LogP contribution in [0.5, 0.6) is 0 Å². The first-order valence-electron chi connectivity index (χ1n) is 14.1. The molecule has 4 aromatic rings. The Morgan fingerprint density at radius 2 is 1.10 bits per heavy atom. The van der Waals surface area contributed by atoms with E-state index in [0.717, 1.165) is 53.4 Å². The normalized spacial score (nSPS) is 12.2. The molecule has 0 unspecified atom stereocenters. The van der Waals surface area contributed by atoms with Gasteiger partial charge in [0.05, 0.1) is 53.8 Å². The van der Waals surface area contributed by atoms with E-state index in [0.29, 0.717) is 11.8 Å². The third-order valence-corrected chi connectivity index (χ3v) is 7.61. The minimum atomic E-state index is 0.601.